The Morgan fingerprint density at radius 3 is 2.11 bits per heavy atom. The molecule has 0 radical (unpaired) electrons. The van der Waals surface area contributed by atoms with E-state index in [0.29, 0.717) is 43.4 Å². The Morgan fingerprint density at radius 1 is 0.833 bits per heavy atom. The first-order valence-corrected chi connectivity index (χ1v) is 12.2. The Balaban J connectivity index is 1.23. The van der Waals surface area contributed by atoms with E-state index in [1.807, 2.05) is 19.1 Å². The molecule has 0 N–H and O–H groups in total. The number of rotatable bonds is 6. The van der Waals surface area contributed by atoms with Gasteiger partial charge in [0.15, 0.2) is 23.3 Å². The zero-order chi connectivity index (χ0) is 25.4. The number of epoxide rings is 1. The Kier molecular flexibility index (Phi) is 6.84. The molecule has 1 atom stereocenters. The van der Waals surface area contributed by atoms with E-state index < -0.39 is 47.0 Å². The number of carbonyl (C=O) groups is 1. The first-order valence-electron chi connectivity index (χ1n) is 12.2. The summed E-state index contributed by atoms with van der Waals surface area (Å²) >= 11 is 0. The SMILES string of the molecule is CCc1ccc(-c2ccc(C3CCC(OC(=O)c4ccc(C5CO5)c(F)c4F)CC3)c(F)c2F)cc1. The third kappa shape index (κ3) is 4.76. The molecule has 2 aliphatic rings. The van der Waals surface area contributed by atoms with Crippen LogP contribution < -0.4 is 0 Å². The fraction of sp³-hybridized carbons (Fsp3) is 0.345. The van der Waals surface area contributed by atoms with E-state index in [1.165, 1.54) is 12.1 Å². The lowest BCUT2D eigenvalue weighted by atomic mass is 9.82. The average molecular weight is 499 g/mol. The Labute approximate surface area is 207 Å². The highest BCUT2D eigenvalue weighted by molar-refractivity contribution is 5.90. The average Bonchev–Trinajstić information content (AvgIpc) is 3.73. The highest BCUT2D eigenvalue weighted by Gasteiger charge is 2.33. The number of hydrogen-bond donors (Lipinski definition) is 0. The molecule has 188 valence electrons. The van der Waals surface area contributed by atoms with E-state index in [-0.39, 0.29) is 17.0 Å². The first-order chi connectivity index (χ1) is 17.4. The normalized spacial score (nSPS) is 21.3. The molecular weight excluding hydrogens is 472 g/mol. The third-order valence-corrected chi connectivity index (χ3v) is 7.19. The maximum atomic E-state index is 15.0. The largest absolute Gasteiger partial charge is 0.459 e. The van der Waals surface area contributed by atoms with Crippen LogP contribution in [0, 0.1) is 23.3 Å². The van der Waals surface area contributed by atoms with Crippen LogP contribution in [0.15, 0.2) is 48.5 Å². The Morgan fingerprint density at radius 2 is 1.47 bits per heavy atom. The van der Waals surface area contributed by atoms with Crippen LogP contribution in [0.4, 0.5) is 17.6 Å². The second kappa shape index (κ2) is 10.1. The van der Waals surface area contributed by atoms with Gasteiger partial charge >= 0.3 is 5.97 Å². The van der Waals surface area contributed by atoms with Crippen LogP contribution in [-0.4, -0.2) is 18.7 Å². The van der Waals surface area contributed by atoms with E-state index in [9.17, 15) is 18.0 Å². The van der Waals surface area contributed by atoms with Gasteiger partial charge in [-0.05, 0) is 60.8 Å². The summed E-state index contributed by atoms with van der Waals surface area (Å²) in [5.41, 5.74) is 1.88. The van der Waals surface area contributed by atoms with Crippen LogP contribution >= 0.6 is 0 Å². The standard InChI is InChI=1S/C29H26F4O3/c1-2-16-3-5-17(6-4-16)20-11-12-21(26(31)25(20)30)18-7-9-19(10-8-18)36-29(34)23-14-13-22(24-15-35-24)27(32)28(23)33/h3-6,11-14,18-19,24H,2,7-10,15H2,1H3. The van der Waals surface area contributed by atoms with Gasteiger partial charge in [-0.3, -0.25) is 0 Å². The minimum atomic E-state index is -1.25. The van der Waals surface area contributed by atoms with Crippen LogP contribution in [0.2, 0.25) is 0 Å². The highest BCUT2D eigenvalue weighted by Crippen LogP contribution is 2.38. The topological polar surface area (TPSA) is 38.8 Å². The molecule has 3 aromatic rings. The highest BCUT2D eigenvalue weighted by atomic mass is 19.2. The van der Waals surface area contributed by atoms with Crippen molar-refractivity contribution in [2.75, 3.05) is 6.61 Å². The zero-order valence-corrected chi connectivity index (χ0v) is 19.8. The minimum Gasteiger partial charge on any atom is -0.459 e. The van der Waals surface area contributed by atoms with Crippen molar-refractivity contribution in [2.45, 2.75) is 57.2 Å². The van der Waals surface area contributed by atoms with Gasteiger partial charge < -0.3 is 9.47 Å². The van der Waals surface area contributed by atoms with Crippen LogP contribution in [0.1, 0.15) is 71.7 Å². The molecule has 3 aromatic carbocycles. The smallest absolute Gasteiger partial charge is 0.341 e. The Bertz CT molecular complexity index is 1280. The molecular formula is C29H26F4O3. The molecule has 36 heavy (non-hydrogen) atoms. The van der Waals surface area contributed by atoms with Crippen molar-refractivity contribution < 1.29 is 31.8 Å². The molecule has 0 spiro atoms. The van der Waals surface area contributed by atoms with Gasteiger partial charge in [0.25, 0.3) is 0 Å². The summed E-state index contributed by atoms with van der Waals surface area (Å²) in [6, 6.07) is 13.2. The van der Waals surface area contributed by atoms with E-state index in [4.69, 9.17) is 9.47 Å². The molecule has 3 nitrogen and oxygen atoms in total. The number of ether oxygens (including phenoxy) is 2. The summed E-state index contributed by atoms with van der Waals surface area (Å²) in [6.07, 6.45) is 1.67. The van der Waals surface area contributed by atoms with E-state index in [1.54, 1.807) is 24.3 Å². The number of carbonyl (C=O) groups excluding carboxylic acids is 1. The first kappa shape index (κ1) is 24.5. The monoisotopic (exact) mass is 498 g/mol. The van der Waals surface area contributed by atoms with Crippen molar-refractivity contribution in [3.63, 3.8) is 0 Å². The summed E-state index contributed by atoms with van der Waals surface area (Å²) in [6.45, 7) is 2.35. The summed E-state index contributed by atoms with van der Waals surface area (Å²) in [5, 5.41) is 0. The van der Waals surface area contributed by atoms with Gasteiger partial charge in [-0.25, -0.2) is 22.4 Å². The van der Waals surface area contributed by atoms with Crippen molar-refractivity contribution in [1.29, 1.82) is 0 Å². The molecule has 1 saturated carbocycles. The molecule has 5 rings (SSSR count). The predicted molar refractivity (Wildman–Crippen MR) is 127 cm³/mol. The number of halogens is 4. The van der Waals surface area contributed by atoms with E-state index >= 15 is 4.39 Å². The minimum absolute atomic E-state index is 0.0859. The van der Waals surface area contributed by atoms with Gasteiger partial charge in [-0.2, -0.15) is 0 Å². The van der Waals surface area contributed by atoms with Crippen molar-refractivity contribution >= 4 is 5.97 Å². The maximum Gasteiger partial charge on any atom is 0.341 e. The number of hydrogen-bond acceptors (Lipinski definition) is 3. The fourth-order valence-corrected chi connectivity index (χ4v) is 4.93. The molecule has 0 aromatic heterocycles. The van der Waals surface area contributed by atoms with Gasteiger partial charge in [-0.1, -0.05) is 49.4 Å². The molecule has 1 saturated heterocycles. The summed E-state index contributed by atoms with van der Waals surface area (Å²) in [7, 11) is 0. The van der Waals surface area contributed by atoms with Crippen molar-refractivity contribution in [3.8, 4) is 11.1 Å². The van der Waals surface area contributed by atoms with Crippen LogP contribution in [0.3, 0.4) is 0 Å². The second-order valence-electron chi connectivity index (χ2n) is 9.41. The van der Waals surface area contributed by atoms with Gasteiger partial charge in [0.2, 0.25) is 0 Å². The predicted octanol–water partition coefficient (Wildman–Crippen LogP) is 7.43. The van der Waals surface area contributed by atoms with Crippen molar-refractivity contribution in [1.82, 2.24) is 0 Å². The number of aryl methyl sites for hydroxylation is 1. The lowest BCUT2D eigenvalue weighted by Crippen LogP contribution is -2.25. The fourth-order valence-electron chi connectivity index (χ4n) is 4.93. The molecule has 7 heteroatoms. The van der Waals surface area contributed by atoms with Gasteiger partial charge in [0, 0.05) is 11.1 Å². The molecule has 1 aliphatic heterocycles. The summed E-state index contributed by atoms with van der Waals surface area (Å²) in [5.74, 6) is -5.24. The quantitative estimate of drug-likeness (QED) is 0.202. The van der Waals surface area contributed by atoms with Gasteiger partial charge in [-0.15, -0.1) is 0 Å². The van der Waals surface area contributed by atoms with Crippen LogP contribution in [0.5, 0.6) is 0 Å². The summed E-state index contributed by atoms with van der Waals surface area (Å²) in [4.78, 5) is 12.5. The lowest BCUT2D eigenvalue weighted by Gasteiger charge is -2.29. The molecule has 1 unspecified atom stereocenters. The molecule has 0 amide bonds. The number of esters is 1. The number of benzene rings is 3. The molecule has 2 fully saturated rings. The van der Waals surface area contributed by atoms with Crippen LogP contribution in [-0.2, 0) is 15.9 Å². The van der Waals surface area contributed by atoms with Crippen molar-refractivity contribution in [3.05, 3.63) is 94.1 Å². The maximum absolute atomic E-state index is 15.0. The lowest BCUT2D eigenvalue weighted by molar-refractivity contribution is 0.0188. The molecule has 0 bridgehead atoms. The van der Waals surface area contributed by atoms with Crippen LogP contribution in [0.25, 0.3) is 11.1 Å². The zero-order valence-electron chi connectivity index (χ0n) is 19.8. The third-order valence-electron chi connectivity index (χ3n) is 7.19. The van der Waals surface area contributed by atoms with E-state index in [0.717, 1.165) is 12.0 Å². The van der Waals surface area contributed by atoms with Gasteiger partial charge in [0.1, 0.15) is 12.2 Å². The Hall–Kier alpha value is -3.19. The van der Waals surface area contributed by atoms with Crippen molar-refractivity contribution in [2.24, 2.45) is 0 Å². The summed E-state index contributed by atoms with van der Waals surface area (Å²) < 4.78 is 69.0. The second-order valence-corrected chi connectivity index (χ2v) is 9.41. The molecule has 1 heterocycles. The van der Waals surface area contributed by atoms with Gasteiger partial charge in [0.05, 0.1) is 12.2 Å². The molecule has 1 aliphatic carbocycles. The van der Waals surface area contributed by atoms with E-state index in [2.05, 4.69) is 0 Å².